The summed E-state index contributed by atoms with van der Waals surface area (Å²) in [7, 11) is 3.28. The van der Waals surface area contributed by atoms with Crippen LogP contribution >= 0.6 is 11.3 Å². The van der Waals surface area contributed by atoms with E-state index in [9.17, 15) is 23.9 Å². The summed E-state index contributed by atoms with van der Waals surface area (Å²) in [5.74, 6) is -1.76. The second-order valence-electron chi connectivity index (χ2n) is 9.49. The van der Waals surface area contributed by atoms with Crippen LogP contribution in [0.5, 0.6) is 5.75 Å². The average molecular weight is 513 g/mol. The summed E-state index contributed by atoms with van der Waals surface area (Å²) < 4.78 is 14.7. The third-order valence-corrected chi connectivity index (χ3v) is 7.66. The van der Waals surface area contributed by atoms with Crippen LogP contribution < -0.4 is 5.43 Å². The van der Waals surface area contributed by atoms with Gasteiger partial charge in [-0.2, -0.15) is 0 Å². The van der Waals surface area contributed by atoms with Gasteiger partial charge in [-0.1, -0.05) is 19.1 Å². The minimum absolute atomic E-state index is 0.111. The fraction of sp³-hybridized carbons (Fsp3) is 0.385. The highest BCUT2D eigenvalue weighted by atomic mass is 32.1. The van der Waals surface area contributed by atoms with Gasteiger partial charge in [-0.05, 0) is 38.0 Å². The first-order valence-corrected chi connectivity index (χ1v) is 12.5. The molecule has 0 saturated carbocycles. The van der Waals surface area contributed by atoms with Crippen molar-refractivity contribution in [3.8, 4) is 16.3 Å². The first-order valence-electron chi connectivity index (χ1n) is 11.7. The molecular weight excluding hydrogens is 483 g/mol. The molecule has 0 radical (unpaired) electrons. The number of amides is 2. The van der Waals surface area contributed by atoms with Gasteiger partial charge in [0.1, 0.15) is 16.4 Å². The number of aromatic hydroxyl groups is 1. The first kappa shape index (κ1) is 25.6. The lowest BCUT2D eigenvalue weighted by Crippen LogP contribution is -2.62. The molecule has 2 aromatic heterocycles. The van der Waals surface area contributed by atoms with Crippen molar-refractivity contribution in [2.75, 3.05) is 20.6 Å². The molecule has 2 amide bonds. The lowest BCUT2D eigenvalue weighted by atomic mass is 9.88. The number of benzene rings is 1. The maximum absolute atomic E-state index is 13.5. The average Bonchev–Trinajstić information content (AvgIpc) is 3.30. The topological polar surface area (TPSA) is 95.7 Å². The van der Waals surface area contributed by atoms with Crippen LogP contribution in [0.25, 0.3) is 10.6 Å². The molecule has 10 heteroatoms. The monoisotopic (exact) mass is 512 g/mol. The third-order valence-electron chi connectivity index (χ3n) is 6.63. The quantitative estimate of drug-likeness (QED) is 0.546. The molecule has 8 nitrogen and oxygen atoms in total. The van der Waals surface area contributed by atoms with E-state index in [2.05, 4.69) is 4.98 Å². The van der Waals surface area contributed by atoms with Gasteiger partial charge in [0, 0.05) is 43.8 Å². The number of carbonyl (C=O) groups excluding carboxylic acids is 2. The van der Waals surface area contributed by atoms with Crippen LogP contribution in [0.4, 0.5) is 4.39 Å². The van der Waals surface area contributed by atoms with Gasteiger partial charge in [-0.15, -0.1) is 11.3 Å². The fourth-order valence-corrected chi connectivity index (χ4v) is 5.57. The van der Waals surface area contributed by atoms with E-state index in [-0.39, 0.29) is 35.6 Å². The van der Waals surface area contributed by atoms with Crippen molar-refractivity contribution >= 4 is 23.2 Å². The molecule has 0 fully saturated rings. The highest BCUT2D eigenvalue weighted by Gasteiger charge is 2.49. The fourth-order valence-electron chi connectivity index (χ4n) is 4.62. The van der Waals surface area contributed by atoms with Crippen molar-refractivity contribution in [2.45, 2.75) is 45.2 Å². The minimum Gasteiger partial charge on any atom is -0.503 e. The summed E-state index contributed by atoms with van der Waals surface area (Å²) in [6.07, 6.45) is 3.95. The van der Waals surface area contributed by atoms with Crippen LogP contribution in [0.3, 0.4) is 0 Å². The van der Waals surface area contributed by atoms with Gasteiger partial charge >= 0.3 is 0 Å². The summed E-state index contributed by atoms with van der Waals surface area (Å²) in [4.78, 5) is 48.4. The zero-order valence-corrected chi connectivity index (χ0v) is 21.7. The number of carbonyl (C=O) groups is 2. The van der Waals surface area contributed by atoms with Gasteiger partial charge < -0.3 is 19.5 Å². The number of pyridine rings is 1. The highest BCUT2D eigenvalue weighted by Crippen LogP contribution is 2.37. The van der Waals surface area contributed by atoms with Crippen molar-refractivity contribution < 1.29 is 19.1 Å². The van der Waals surface area contributed by atoms with Gasteiger partial charge in [0.05, 0.1) is 12.1 Å². The van der Waals surface area contributed by atoms with Crippen LogP contribution in [0.1, 0.15) is 48.1 Å². The molecule has 0 aliphatic carbocycles. The van der Waals surface area contributed by atoms with Crippen LogP contribution in [-0.4, -0.2) is 63.0 Å². The summed E-state index contributed by atoms with van der Waals surface area (Å²) in [6.45, 7) is 5.61. The maximum atomic E-state index is 13.5. The summed E-state index contributed by atoms with van der Waals surface area (Å²) >= 11 is 1.27. The lowest BCUT2D eigenvalue weighted by Gasteiger charge is -2.46. The van der Waals surface area contributed by atoms with Crippen LogP contribution in [0.15, 0.2) is 41.5 Å². The minimum atomic E-state index is -1.20. The largest absolute Gasteiger partial charge is 0.503 e. The first-order chi connectivity index (χ1) is 17.0. The Morgan fingerprint density at radius 2 is 1.92 bits per heavy atom. The molecule has 3 heterocycles. The highest BCUT2D eigenvalue weighted by molar-refractivity contribution is 7.15. The zero-order valence-electron chi connectivity index (χ0n) is 20.9. The van der Waals surface area contributed by atoms with Crippen molar-refractivity contribution in [3.05, 3.63) is 68.8 Å². The Morgan fingerprint density at radius 3 is 2.50 bits per heavy atom. The number of rotatable bonds is 6. The van der Waals surface area contributed by atoms with E-state index in [1.807, 2.05) is 20.8 Å². The molecule has 1 N–H and O–H groups in total. The van der Waals surface area contributed by atoms with Crippen molar-refractivity contribution in [3.63, 3.8) is 0 Å². The Bertz CT molecular complexity index is 1380. The van der Waals surface area contributed by atoms with Crippen molar-refractivity contribution in [1.82, 2.24) is 19.4 Å². The summed E-state index contributed by atoms with van der Waals surface area (Å²) in [6, 6.07) is 5.89. The molecular formula is C26H29FN4O4S. The van der Waals surface area contributed by atoms with Gasteiger partial charge in [0.2, 0.25) is 11.3 Å². The van der Waals surface area contributed by atoms with E-state index >= 15 is 0 Å². The Kier molecular flexibility index (Phi) is 6.74. The Hall–Kier alpha value is -3.53. The SMILES string of the molecule is CC[C@]1(C(=O)N(C)C)CN(C(C)C)C(=O)c2c(O)c(=O)c(-c3ncc(Cc4ccc(F)cc4)s3)cn21. The smallest absolute Gasteiger partial charge is 0.274 e. The van der Waals surface area contributed by atoms with E-state index in [0.29, 0.717) is 17.8 Å². The molecule has 0 saturated heterocycles. The molecule has 1 aliphatic rings. The van der Waals surface area contributed by atoms with Gasteiger partial charge in [-0.25, -0.2) is 9.37 Å². The molecule has 1 aromatic carbocycles. The lowest BCUT2D eigenvalue weighted by molar-refractivity contribution is -0.140. The Morgan fingerprint density at radius 1 is 1.25 bits per heavy atom. The number of likely N-dealkylation sites (N-methyl/N-ethyl adjacent to an activating group) is 1. The van der Waals surface area contributed by atoms with Gasteiger partial charge in [-0.3, -0.25) is 14.4 Å². The number of fused-ring (bicyclic) bond motifs is 1. The van der Waals surface area contributed by atoms with E-state index < -0.39 is 22.6 Å². The van der Waals surface area contributed by atoms with E-state index in [4.69, 9.17) is 0 Å². The molecule has 1 atom stereocenters. The summed E-state index contributed by atoms with van der Waals surface area (Å²) in [5.41, 5.74) is -1.11. The van der Waals surface area contributed by atoms with Gasteiger partial charge in [0.25, 0.3) is 5.91 Å². The number of nitrogens with zero attached hydrogens (tertiary/aromatic N) is 4. The number of thiazole rings is 1. The van der Waals surface area contributed by atoms with Gasteiger partial charge in [0.15, 0.2) is 11.4 Å². The second-order valence-corrected chi connectivity index (χ2v) is 10.6. The molecule has 0 unspecified atom stereocenters. The predicted molar refractivity (Wildman–Crippen MR) is 136 cm³/mol. The normalized spacial score (nSPS) is 17.4. The van der Waals surface area contributed by atoms with Crippen LogP contribution in [-0.2, 0) is 16.8 Å². The van der Waals surface area contributed by atoms with E-state index in [1.165, 1.54) is 44.0 Å². The predicted octanol–water partition coefficient (Wildman–Crippen LogP) is 3.47. The van der Waals surface area contributed by atoms with E-state index in [0.717, 1.165) is 10.4 Å². The molecule has 0 bridgehead atoms. The molecule has 1 aliphatic heterocycles. The zero-order chi connectivity index (χ0) is 26.4. The maximum Gasteiger partial charge on any atom is 0.274 e. The van der Waals surface area contributed by atoms with Crippen molar-refractivity contribution in [2.24, 2.45) is 0 Å². The third kappa shape index (κ3) is 4.19. The number of aromatic nitrogens is 2. The molecule has 0 spiro atoms. The van der Waals surface area contributed by atoms with E-state index in [1.54, 1.807) is 32.4 Å². The second kappa shape index (κ2) is 9.50. The standard InChI is InChI=1S/C26H29FN4O4S/c1-6-26(25(35)29(4)5)14-30(15(2)3)24(34)20-22(33)21(32)19(13-31(20)26)23-28-12-18(36-23)11-16-7-9-17(27)10-8-16/h7-10,12-13,15,33H,6,11,14H2,1-5H3/t26-/m1/s1. The summed E-state index contributed by atoms with van der Waals surface area (Å²) in [5, 5.41) is 11.4. The Balaban J connectivity index is 1.87. The molecule has 4 rings (SSSR count). The molecule has 36 heavy (non-hydrogen) atoms. The van der Waals surface area contributed by atoms with Crippen LogP contribution in [0.2, 0.25) is 0 Å². The number of hydrogen-bond donors (Lipinski definition) is 1. The molecule has 190 valence electrons. The number of halogens is 1. The molecule has 3 aromatic rings. The Labute approximate surface area is 212 Å². The van der Waals surface area contributed by atoms with Crippen LogP contribution in [0, 0.1) is 5.82 Å². The number of hydrogen-bond acceptors (Lipinski definition) is 6. The van der Waals surface area contributed by atoms with Crippen molar-refractivity contribution in [1.29, 1.82) is 0 Å².